The maximum Gasteiger partial charge on any atom is 0.316 e. The van der Waals surface area contributed by atoms with E-state index in [4.69, 9.17) is 9.15 Å². The monoisotopic (exact) mass is 405 g/mol. The standard InChI is InChI=1S/C18H19N3O4S2/c1-10-11(2)27-18-16(10)17(20-12(3)21-18)26-9-15(23)25-8-14(22)19-7-13-5-4-6-24-13/h4-6H,7-9H2,1-3H3,(H,19,22). The normalized spacial score (nSPS) is 10.9. The highest BCUT2D eigenvalue weighted by molar-refractivity contribution is 8.00. The van der Waals surface area contributed by atoms with Gasteiger partial charge in [-0.2, -0.15) is 0 Å². The Bertz CT molecular complexity index is 967. The minimum atomic E-state index is -0.470. The van der Waals surface area contributed by atoms with Crippen molar-refractivity contribution < 1.29 is 18.7 Å². The lowest BCUT2D eigenvalue weighted by Gasteiger charge is -2.07. The number of hydrogen-bond donors (Lipinski definition) is 1. The molecule has 0 aliphatic rings. The summed E-state index contributed by atoms with van der Waals surface area (Å²) in [6.07, 6.45) is 1.53. The molecule has 0 bridgehead atoms. The van der Waals surface area contributed by atoms with Crippen molar-refractivity contribution in [3.63, 3.8) is 0 Å². The summed E-state index contributed by atoms with van der Waals surface area (Å²) >= 11 is 2.92. The molecule has 3 rings (SSSR count). The van der Waals surface area contributed by atoms with E-state index in [0.29, 0.717) is 11.6 Å². The molecule has 0 spiro atoms. The minimum Gasteiger partial charge on any atom is -0.467 e. The highest BCUT2D eigenvalue weighted by Crippen LogP contribution is 2.35. The molecule has 1 N–H and O–H groups in total. The van der Waals surface area contributed by atoms with Gasteiger partial charge < -0.3 is 14.5 Å². The van der Waals surface area contributed by atoms with Crippen LogP contribution in [0.3, 0.4) is 0 Å². The number of aryl methyl sites for hydroxylation is 3. The fourth-order valence-corrected chi connectivity index (χ4v) is 4.45. The molecule has 0 aliphatic carbocycles. The zero-order chi connectivity index (χ0) is 19.4. The Balaban J connectivity index is 1.52. The van der Waals surface area contributed by atoms with Crippen LogP contribution in [0, 0.1) is 20.8 Å². The first-order chi connectivity index (χ1) is 12.9. The maximum atomic E-state index is 12.0. The quantitative estimate of drug-likeness (QED) is 0.366. The van der Waals surface area contributed by atoms with E-state index >= 15 is 0 Å². The van der Waals surface area contributed by atoms with Crippen molar-refractivity contribution in [1.29, 1.82) is 0 Å². The van der Waals surface area contributed by atoms with Gasteiger partial charge in [0.15, 0.2) is 6.61 Å². The number of ether oxygens (including phenoxy) is 1. The molecule has 0 atom stereocenters. The molecule has 9 heteroatoms. The number of furan rings is 1. The molecule has 0 saturated heterocycles. The van der Waals surface area contributed by atoms with Gasteiger partial charge in [0, 0.05) is 10.3 Å². The molecule has 0 fully saturated rings. The van der Waals surface area contributed by atoms with Crippen molar-refractivity contribution >= 4 is 45.2 Å². The van der Waals surface area contributed by atoms with E-state index in [1.165, 1.54) is 22.9 Å². The summed E-state index contributed by atoms with van der Waals surface area (Å²) in [6.45, 7) is 5.83. The van der Waals surface area contributed by atoms with Crippen LogP contribution in [0.2, 0.25) is 0 Å². The molecule has 0 unspecified atom stereocenters. The SMILES string of the molecule is Cc1nc(SCC(=O)OCC(=O)NCc2ccco2)c2c(C)c(C)sc2n1. The number of esters is 1. The molecular formula is C18H19N3O4S2. The number of nitrogens with one attached hydrogen (secondary N) is 1. The van der Waals surface area contributed by atoms with Crippen LogP contribution < -0.4 is 5.32 Å². The van der Waals surface area contributed by atoms with E-state index in [2.05, 4.69) is 15.3 Å². The topological polar surface area (TPSA) is 94.3 Å². The summed E-state index contributed by atoms with van der Waals surface area (Å²) in [5, 5.41) is 4.37. The Hall–Kier alpha value is -2.39. The smallest absolute Gasteiger partial charge is 0.316 e. The van der Waals surface area contributed by atoms with Gasteiger partial charge in [0.1, 0.15) is 21.4 Å². The molecular weight excluding hydrogens is 386 g/mol. The molecule has 1 amide bonds. The van der Waals surface area contributed by atoms with Crippen LogP contribution >= 0.6 is 23.1 Å². The first-order valence-corrected chi connectivity index (χ1v) is 10.1. The summed E-state index contributed by atoms with van der Waals surface area (Å²) in [5.74, 6) is 0.522. The molecule has 0 saturated carbocycles. The van der Waals surface area contributed by atoms with Crippen molar-refractivity contribution in [3.05, 3.63) is 40.4 Å². The van der Waals surface area contributed by atoms with Crippen molar-refractivity contribution in [3.8, 4) is 0 Å². The van der Waals surface area contributed by atoms with Gasteiger partial charge in [-0.3, -0.25) is 9.59 Å². The van der Waals surface area contributed by atoms with Crippen LogP contribution in [0.5, 0.6) is 0 Å². The zero-order valence-corrected chi connectivity index (χ0v) is 16.8. The summed E-state index contributed by atoms with van der Waals surface area (Å²) in [7, 11) is 0. The average molecular weight is 406 g/mol. The largest absolute Gasteiger partial charge is 0.467 e. The molecule has 7 nitrogen and oxygen atoms in total. The van der Waals surface area contributed by atoms with Crippen LogP contribution in [0.4, 0.5) is 0 Å². The van der Waals surface area contributed by atoms with Crippen LogP contribution in [-0.4, -0.2) is 34.2 Å². The maximum absolute atomic E-state index is 12.0. The number of fused-ring (bicyclic) bond motifs is 1. The zero-order valence-electron chi connectivity index (χ0n) is 15.2. The molecule has 27 heavy (non-hydrogen) atoms. The molecule has 3 heterocycles. The van der Waals surface area contributed by atoms with Crippen molar-refractivity contribution in [2.45, 2.75) is 32.3 Å². The summed E-state index contributed by atoms with van der Waals surface area (Å²) in [5.41, 5.74) is 1.13. The summed E-state index contributed by atoms with van der Waals surface area (Å²) in [4.78, 5) is 34.7. The number of nitrogens with zero attached hydrogens (tertiary/aromatic N) is 2. The molecule has 0 aliphatic heterocycles. The average Bonchev–Trinajstić information content (AvgIpc) is 3.24. The third-order valence-corrected chi connectivity index (χ3v) is 5.89. The lowest BCUT2D eigenvalue weighted by Crippen LogP contribution is -2.28. The third kappa shape index (κ3) is 4.86. The van der Waals surface area contributed by atoms with Crippen LogP contribution in [0.25, 0.3) is 10.2 Å². The molecule has 3 aromatic heterocycles. The fraction of sp³-hybridized carbons (Fsp3) is 0.333. The van der Waals surface area contributed by atoms with E-state index in [9.17, 15) is 9.59 Å². The fourth-order valence-electron chi connectivity index (χ4n) is 2.38. The van der Waals surface area contributed by atoms with E-state index in [1.807, 2.05) is 20.8 Å². The van der Waals surface area contributed by atoms with Gasteiger partial charge in [-0.1, -0.05) is 11.8 Å². The second-order valence-electron chi connectivity index (χ2n) is 5.84. The first-order valence-electron chi connectivity index (χ1n) is 8.26. The predicted octanol–water partition coefficient (Wildman–Crippen LogP) is 3.16. The number of rotatable bonds is 7. The van der Waals surface area contributed by atoms with Gasteiger partial charge in [0.25, 0.3) is 5.91 Å². The summed E-state index contributed by atoms with van der Waals surface area (Å²) in [6, 6.07) is 3.49. The molecule has 0 radical (unpaired) electrons. The minimum absolute atomic E-state index is 0.0748. The van der Waals surface area contributed by atoms with Crippen LogP contribution in [0.1, 0.15) is 22.0 Å². The van der Waals surface area contributed by atoms with Gasteiger partial charge in [-0.25, -0.2) is 9.97 Å². The second kappa shape index (κ2) is 8.53. The Kier molecular flexibility index (Phi) is 6.12. The summed E-state index contributed by atoms with van der Waals surface area (Å²) < 4.78 is 10.1. The van der Waals surface area contributed by atoms with Gasteiger partial charge in [0.2, 0.25) is 0 Å². The van der Waals surface area contributed by atoms with Gasteiger partial charge in [-0.05, 0) is 38.5 Å². The lowest BCUT2D eigenvalue weighted by atomic mass is 10.2. The Morgan fingerprint density at radius 3 is 2.85 bits per heavy atom. The van der Waals surface area contributed by atoms with E-state index < -0.39 is 5.97 Å². The number of amides is 1. The highest BCUT2D eigenvalue weighted by atomic mass is 32.2. The Morgan fingerprint density at radius 1 is 1.30 bits per heavy atom. The number of carbonyl (C=O) groups excluding carboxylic acids is 2. The molecule has 142 valence electrons. The third-order valence-electron chi connectivity index (χ3n) is 3.84. The van der Waals surface area contributed by atoms with E-state index in [1.54, 1.807) is 23.5 Å². The van der Waals surface area contributed by atoms with E-state index in [-0.39, 0.29) is 24.8 Å². The molecule has 3 aromatic rings. The van der Waals surface area contributed by atoms with Crippen molar-refractivity contribution in [1.82, 2.24) is 15.3 Å². The number of hydrogen-bond acceptors (Lipinski definition) is 8. The van der Waals surface area contributed by atoms with Crippen molar-refractivity contribution in [2.75, 3.05) is 12.4 Å². The van der Waals surface area contributed by atoms with Crippen molar-refractivity contribution in [2.24, 2.45) is 0 Å². The highest BCUT2D eigenvalue weighted by Gasteiger charge is 2.16. The number of thiophene rings is 1. The van der Waals surface area contributed by atoms with E-state index in [0.717, 1.165) is 20.8 Å². The lowest BCUT2D eigenvalue weighted by molar-refractivity contribution is -0.146. The Morgan fingerprint density at radius 2 is 2.11 bits per heavy atom. The first kappa shape index (κ1) is 19.4. The van der Waals surface area contributed by atoms with Gasteiger partial charge >= 0.3 is 5.97 Å². The number of thioether (sulfide) groups is 1. The van der Waals surface area contributed by atoms with Crippen LogP contribution in [-0.2, 0) is 20.9 Å². The van der Waals surface area contributed by atoms with Crippen LogP contribution in [0.15, 0.2) is 27.8 Å². The predicted molar refractivity (Wildman–Crippen MR) is 104 cm³/mol. The van der Waals surface area contributed by atoms with Gasteiger partial charge in [0.05, 0.1) is 18.6 Å². The number of aromatic nitrogens is 2. The van der Waals surface area contributed by atoms with Gasteiger partial charge in [-0.15, -0.1) is 11.3 Å². The number of carbonyl (C=O) groups is 2. The molecule has 0 aromatic carbocycles. The second-order valence-corrected chi connectivity index (χ2v) is 8.01. The Labute approximate surface area is 164 Å².